The van der Waals surface area contributed by atoms with Gasteiger partial charge in [0.1, 0.15) is 7.22 Å². The summed E-state index contributed by atoms with van der Waals surface area (Å²) in [6.45, 7) is 18.9. The fraction of sp³-hybridized carbons (Fsp3) is 1.00. The van der Waals surface area contributed by atoms with E-state index in [-0.39, 0.29) is 5.44 Å². The standard InChI is InChI=1S/C15H36O2SSi2/c1-9-16-19(8,13-14(5)6)17-15(7)18-20(10-2,11-3)12-4/h14-15H,9-13H2,1-8H3. The van der Waals surface area contributed by atoms with Gasteiger partial charge in [-0.05, 0) is 32.4 Å². The van der Waals surface area contributed by atoms with E-state index in [1.54, 1.807) is 0 Å². The maximum absolute atomic E-state index is 6.46. The van der Waals surface area contributed by atoms with Gasteiger partial charge in [-0.15, -0.1) is 0 Å². The highest BCUT2D eigenvalue weighted by atomic mass is 32.4. The molecule has 2 nitrogen and oxygen atoms in total. The van der Waals surface area contributed by atoms with E-state index in [1.807, 2.05) is 0 Å². The first-order valence-electron chi connectivity index (χ1n) is 8.26. The van der Waals surface area contributed by atoms with Gasteiger partial charge in [0.2, 0.25) is 0 Å². The van der Waals surface area contributed by atoms with Crippen LogP contribution in [0.15, 0.2) is 0 Å². The zero-order valence-electron chi connectivity index (χ0n) is 14.9. The third-order valence-electron chi connectivity index (χ3n) is 3.99. The van der Waals surface area contributed by atoms with Crippen LogP contribution in [-0.2, 0) is 8.85 Å². The van der Waals surface area contributed by atoms with Crippen molar-refractivity contribution in [2.45, 2.75) is 84.6 Å². The third-order valence-corrected chi connectivity index (χ3v) is 17.4. The Labute approximate surface area is 133 Å². The van der Waals surface area contributed by atoms with Crippen LogP contribution in [0.5, 0.6) is 0 Å². The first kappa shape index (κ1) is 20.7. The van der Waals surface area contributed by atoms with Crippen molar-refractivity contribution in [3.8, 4) is 0 Å². The Morgan fingerprint density at radius 3 is 1.80 bits per heavy atom. The van der Waals surface area contributed by atoms with E-state index in [0.29, 0.717) is 5.92 Å². The second-order valence-electron chi connectivity index (χ2n) is 6.21. The van der Waals surface area contributed by atoms with E-state index < -0.39 is 15.8 Å². The van der Waals surface area contributed by atoms with Crippen LogP contribution in [0.3, 0.4) is 0 Å². The lowest BCUT2D eigenvalue weighted by molar-refractivity contribution is 0.171. The fourth-order valence-corrected chi connectivity index (χ4v) is 13.5. The molecule has 2 atom stereocenters. The van der Waals surface area contributed by atoms with E-state index in [4.69, 9.17) is 8.85 Å². The molecule has 0 aliphatic carbocycles. The number of hydrogen-bond donors (Lipinski definition) is 0. The van der Waals surface area contributed by atoms with Crippen molar-refractivity contribution >= 4 is 27.0 Å². The second kappa shape index (κ2) is 9.67. The van der Waals surface area contributed by atoms with Gasteiger partial charge in [-0.25, -0.2) is 0 Å². The lowest BCUT2D eigenvalue weighted by Gasteiger charge is -2.35. The predicted octanol–water partition coefficient (Wildman–Crippen LogP) is 5.85. The molecule has 0 aromatic carbocycles. The van der Waals surface area contributed by atoms with Crippen molar-refractivity contribution in [1.82, 2.24) is 0 Å². The minimum atomic E-state index is -2.01. The minimum Gasteiger partial charge on any atom is -0.395 e. The van der Waals surface area contributed by atoms with E-state index in [0.717, 1.165) is 12.7 Å². The molecule has 0 bridgehead atoms. The van der Waals surface area contributed by atoms with Crippen molar-refractivity contribution in [3.05, 3.63) is 0 Å². The van der Waals surface area contributed by atoms with Gasteiger partial charge in [-0.2, -0.15) is 11.2 Å². The summed E-state index contributed by atoms with van der Waals surface area (Å²) in [5, 5.41) is 0. The number of hydrogen-bond acceptors (Lipinski definition) is 3. The summed E-state index contributed by atoms with van der Waals surface area (Å²) in [4.78, 5) is 0. The monoisotopic (exact) mass is 336 g/mol. The summed E-state index contributed by atoms with van der Waals surface area (Å²) in [6.07, 6.45) is 0. The van der Waals surface area contributed by atoms with Crippen LogP contribution in [0, 0.1) is 5.92 Å². The summed E-state index contributed by atoms with van der Waals surface area (Å²) < 4.78 is 12.5. The van der Waals surface area contributed by atoms with Gasteiger partial charge in [0.15, 0.2) is 0 Å². The zero-order chi connectivity index (χ0) is 15.8. The van der Waals surface area contributed by atoms with Crippen LogP contribution in [0.1, 0.15) is 48.5 Å². The van der Waals surface area contributed by atoms with E-state index in [2.05, 4.69) is 66.2 Å². The molecule has 0 aliphatic rings. The van der Waals surface area contributed by atoms with Crippen LogP contribution in [0.25, 0.3) is 0 Å². The minimum absolute atomic E-state index is 0.281. The first-order chi connectivity index (χ1) is 9.26. The van der Waals surface area contributed by atoms with E-state index in [9.17, 15) is 0 Å². The van der Waals surface area contributed by atoms with Crippen LogP contribution in [-0.4, -0.2) is 27.8 Å². The molecule has 0 heterocycles. The maximum Gasteiger partial charge on any atom is 0.336 e. The second-order valence-corrected chi connectivity index (χ2v) is 18.1. The summed E-state index contributed by atoms with van der Waals surface area (Å²) in [6, 6.07) is 5.12. The Morgan fingerprint density at radius 1 is 0.950 bits per heavy atom. The molecule has 20 heavy (non-hydrogen) atoms. The molecule has 0 fully saturated rings. The average Bonchev–Trinajstić information content (AvgIpc) is 2.35. The van der Waals surface area contributed by atoms with Crippen molar-refractivity contribution in [2.24, 2.45) is 5.92 Å². The molecule has 0 spiro atoms. The molecule has 0 aromatic heterocycles. The van der Waals surface area contributed by atoms with Crippen LogP contribution >= 0.6 is 11.2 Å². The average molecular weight is 337 g/mol. The van der Waals surface area contributed by atoms with E-state index >= 15 is 0 Å². The van der Waals surface area contributed by atoms with Gasteiger partial charge in [0, 0.05) is 6.61 Å². The molecule has 0 radical (unpaired) electrons. The summed E-state index contributed by atoms with van der Waals surface area (Å²) in [7, 11) is -3.20. The van der Waals surface area contributed by atoms with Gasteiger partial charge in [0.05, 0.1) is 5.44 Å². The molecule has 0 amide bonds. The van der Waals surface area contributed by atoms with Crippen molar-refractivity contribution < 1.29 is 8.85 Å². The lowest BCUT2D eigenvalue weighted by Crippen LogP contribution is -2.43. The highest BCUT2D eigenvalue weighted by Gasteiger charge is 2.37. The summed E-state index contributed by atoms with van der Waals surface area (Å²) in [5.74, 6) is 0.640. The molecule has 5 heteroatoms. The van der Waals surface area contributed by atoms with Gasteiger partial charge in [0.25, 0.3) is 0 Å². The molecular formula is C15H36O2SSi2. The van der Waals surface area contributed by atoms with Gasteiger partial charge < -0.3 is 8.85 Å². The molecule has 0 saturated carbocycles. The smallest absolute Gasteiger partial charge is 0.336 e. The quantitative estimate of drug-likeness (QED) is 0.348. The molecule has 0 saturated heterocycles. The highest BCUT2D eigenvalue weighted by molar-refractivity contribution is 8.29. The number of rotatable bonds is 11. The van der Waals surface area contributed by atoms with Crippen molar-refractivity contribution in [1.29, 1.82) is 0 Å². The predicted molar refractivity (Wildman–Crippen MR) is 98.2 cm³/mol. The highest BCUT2D eigenvalue weighted by Crippen LogP contribution is 2.37. The van der Waals surface area contributed by atoms with Crippen molar-refractivity contribution in [2.75, 3.05) is 6.61 Å². The topological polar surface area (TPSA) is 18.5 Å². The zero-order valence-corrected chi connectivity index (χ0v) is 17.7. The first-order valence-corrected chi connectivity index (χ1v) is 15.0. The lowest BCUT2D eigenvalue weighted by atomic mass is 10.3. The molecule has 122 valence electrons. The Kier molecular flexibility index (Phi) is 10.0. The SMILES string of the molecule is CCO[Si](C)(CC(C)C)OC(C)S[Si](CC)(CC)CC. The van der Waals surface area contributed by atoms with Gasteiger partial charge >= 0.3 is 8.56 Å². The van der Waals surface area contributed by atoms with E-state index in [1.165, 1.54) is 18.1 Å². The molecule has 0 rings (SSSR count). The largest absolute Gasteiger partial charge is 0.395 e. The normalized spacial score (nSPS) is 17.2. The van der Waals surface area contributed by atoms with Crippen LogP contribution < -0.4 is 0 Å². The third kappa shape index (κ3) is 7.12. The molecule has 0 N–H and O–H groups in total. The maximum atomic E-state index is 6.46. The molecule has 0 aliphatic heterocycles. The van der Waals surface area contributed by atoms with Crippen molar-refractivity contribution in [3.63, 3.8) is 0 Å². The molecule has 0 aromatic rings. The Hall–Kier alpha value is 0.704. The molecular weight excluding hydrogens is 300 g/mol. The van der Waals surface area contributed by atoms with Crippen LogP contribution in [0.2, 0.25) is 30.7 Å². The Morgan fingerprint density at radius 2 is 1.45 bits per heavy atom. The van der Waals surface area contributed by atoms with Gasteiger partial charge in [-0.1, -0.05) is 52.8 Å². The molecule has 2 unspecified atom stereocenters. The summed E-state index contributed by atoms with van der Waals surface area (Å²) in [5.41, 5.74) is 0.281. The Balaban J connectivity index is 4.71. The van der Waals surface area contributed by atoms with Crippen LogP contribution in [0.4, 0.5) is 0 Å². The Bertz CT molecular complexity index is 252. The summed E-state index contributed by atoms with van der Waals surface area (Å²) >= 11 is 2.14. The fourth-order valence-electron chi connectivity index (χ4n) is 2.92. The van der Waals surface area contributed by atoms with Gasteiger partial charge in [-0.3, -0.25) is 0 Å².